The molecule has 1 rings (SSSR count). The van der Waals surface area contributed by atoms with Crippen LogP contribution < -0.4 is 5.73 Å². The van der Waals surface area contributed by atoms with Crippen LogP contribution in [0.2, 0.25) is 0 Å². The summed E-state index contributed by atoms with van der Waals surface area (Å²) in [5.74, 6) is -1.21. The number of pyridine rings is 1. The van der Waals surface area contributed by atoms with Gasteiger partial charge < -0.3 is 15.9 Å². The van der Waals surface area contributed by atoms with Crippen molar-refractivity contribution < 1.29 is 15.0 Å². The van der Waals surface area contributed by atoms with Crippen molar-refractivity contribution in [1.29, 1.82) is 0 Å². The van der Waals surface area contributed by atoms with Gasteiger partial charge in [0.25, 0.3) is 0 Å². The molecule has 0 spiro atoms. The molecule has 5 nitrogen and oxygen atoms in total. The van der Waals surface area contributed by atoms with E-state index in [4.69, 9.17) is 15.9 Å². The molecule has 1 heterocycles. The van der Waals surface area contributed by atoms with Gasteiger partial charge in [0.2, 0.25) is 5.88 Å². The normalized spacial score (nSPS) is 12.4. The maximum absolute atomic E-state index is 10.4. The number of nitrogens with two attached hydrogens (primary N) is 1. The third kappa shape index (κ3) is 2.72. The monoisotopic (exact) mass is 182 g/mol. The first-order chi connectivity index (χ1) is 6.09. The van der Waals surface area contributed by atoms with E-state index < -0.39 is 12.0 Å². The minimum Gasteiger partial charge on any atom is -0.493 e. The Balaban J connectivity index is 2.69. The van der Waals surface area contributed by atoms with Gasteiger partial charge in [-0.25, -0.2) is 4.98 Å². The number of carboxylic acids is 1. The lowest BCUT2D eigenvalue weighted by Crippen LogP contribution is -2.32. The van der Waals surface area contributed by atoms with Crippen LogP contribution in [-0.4, -0.2) is 27.2 Å². The lowest BCUT2D eigenvalue weighted by atomic mass is 10.1. The maximum Gasteiger partial charge on any atom is 0.320 e. The van der Waals surface area contributed by atoms with E-state index in [1.54, 1.807) is 12.1 Å². The van der Waals surface area contributed by atoms with Crippen LogP contribution in [0.5, 0.6) is 5.88 Å². The second kappa shape index (κ2) is 3.86. The van der Waals surface area contributed by atoms with Crippen molar-refractivity contribution in [2.45, 2.75) is 12.5 Å². The number of hydrogen-bond donors (Lipinski definition) is 3. The van der Waals surface area contributed by atoms with Crippen molar-refractivity contribution in [3.8, 4) is 5.88 Å². The first-order valence-electron chi connectivity index (χ1n) is 3.73. The van der Waals surface area contributed by atoms with E-state index in [-0.39, 0.29) is 12.3 Å². The molecule has 0 amide bonds. The van der Waals surface area contributed by atoms with Crippen molar-refractivity contribution in [1.82, 2.24) is 4.98 Å². The Bertz CT molecular complexity index is 314. The van der Waals surface area contributed by atoms with Gasteiger partial charge in [-0.05, 0) is 6.07 Å². The fraction of sp³-hybridized carbons (Fsp3) is 0.250. The summed E-state index contributed by atoms with van der Waals surface area (Å²) >= 11 is 0. The molecule has 0 radical (unpaired) electrons. The van der Waals surface area contributed by atoms with Crippen LogP contribution in [0, 0.1) is 0 Å². The molecule has 0 bridgehead atoms. The number of carboxylic acid groups (broad SMARTS) is 1. The third-order valence-electron chi connectivity index (χ3n) is 1.54. The molecule has 0 aromatic carbocycles. The number of aromatic hydroxyl groups is 1. The Labute approximate surface area is 74.8 Å². The lowest BCUT2D eigenvalue weighted by molar-refractivity contribution is -0.138. The zero-order chi connectivity index (χ0) is 9.84. The van der Waals surface area contributed by atoms with E-state index in [9.17, 15) is 4.79 Å². The molecule has 13 heavy (non-hydrogen) atoms. The average molecular weight is 182 g/mol. The van der Waals surface area contributed by atoms with Gasteiger partial charge in [0.1, 0.15) is 6.04 Å². The Morgan fingerprint density at radius 1 is 1.62 bits per heavy atom. The van der Waals surface area contributed by atoms with Gasteiger partial charge >= 0.3 is 5.97 Å². The van der Waals surface area contributed by atoms with Crippen molar-refractivity contribution in [2.24, 2.45) is 5.73 Å². The molecule has 5 heteroatoms. The van der Waals surface area contributed by atoms with E-state index in [1.807, 2.05) is 0 Å². The molecule has 0 aliphatic rings. The molecule has 1 aromatic rings. The van der Waals surface area contributed by atoms with E-state index in [2.05, 4.69) is 4.98 Å². The van der Waals surface area contributed by atoms with Gasteiger partial charge in [0, 0.05) is 18.2 Å². The highest BCUT2D eigenvalue weighted by molar-refractivity contribution is 5.73. The predicted molar refractivity (Wildman–Crippen MR) is 45.2 cm³/mol. The second-order valence-electron chi connectivity index (χ2n) is 2.64. The average Bonchev–Trinajstić information content (AvgIpc) is 2.04. The highest BCUT2D eigenvalue weighted by Crippen LogP contribution is 2.06. The Morgan fingerprint density at radius 2 is 2.31 bits per heavy atom. The number of aromatic nitrogens is 1. The zero-order valence-electron chi connectivity index (χ0n) is 6.84. The first kappa shape index (κ1) is 9.47. The highest BCUT2D eigenvalue weighted by Gasteiger charge is 2.12. The van der Waals surface area contributed by atoms with Crippen LogP contribution in [0.3, 0.4) is 0 Å². The quantitative estimate of drug-likeness (QED) is 0.598. The second-order valence-corrected chi connectivity index (χ2v) is 2.64. The summed E-state index contributed by atoms with van der Waals surface area (Å²) < 4.78 is 0. The van der Waals surface area contributed by atoms with Crippen LogP contribution in [0.4, 0.5) is 0 Å². The summed E-state index contributed by atoms with van der Waals surface area (Å²) in [7, 11) is 0. The van der Waals surface area contributed by atoms with Crippen LogP contribution in [0.1, 0.15) is 5.69 Å². The number of hydrogen-bond acceptors (Lipinski definition) is 4. The molecule has 4 N–H and O–H groups in total. The maximum atomic E-state index is 10.4. The fourth-order valence-electron chi connectivity index (χ4n) is 0.893. The molecule has 0 aliphatic heterocycles. The molecular formula is C8H10N2O3. The largest absolute Gasteiger partial charge is 0.493 e. The Morgan fingerprint density at radius 3 is 2.85 bits per heavy atom. The molecule has 1 aromatic heterocycles. The highest BCUT2D eigenvalue weighted by atomic mass is 16.4. The smallest absolute Gasteiger partial charge is 0.320 e. The minimum absolute atomic E-state index is 0.115. The van der Waals surface area contributed by atoms with E-state index in [0.717, 1.165) is 0 Å². The van der Waals surface area contributed by atoms with Gasteiger partial charge in [0.05, 0.1) is 0 Å². The molecule has 0 saturated carbocycles. The standard InChI is InChI=1S/C8H10N2O3/c9-6(8(12)13)4-5-2-1-3-7(11)10-5/h1-3,6H,4,9H2,(H,10,11)(H,12,13)/t6-/m0/s1. The van der Waals surface area contributed by atoms with Gasteiger partial charge in [0.15, 0.2) is 0 Å². The zero-order valence-corrected chi connectivity index (χ0v) is 6.84. The third-order valence-corrected chi connectivity index (χ3v) is 1.54. The summed E-state index contributed by atoms with van der Waals surface area (Å²) in [5.41, 5.74) is 5.74. The summed E-state index contributed by atoms with van der Waals surface area (Å²) in [6, 6.07) is 3.64. The van der Waals surface area contributed by atoms with Crippen LogP contribution in [0.15, 0.2) is 18.2 Å². The van der Waals surface area contributed by atoms with Crippen LogP contribution in [0.25, 0.3) is 0 Å². The first-order valence-corrected chi connectivity index (χ1v) is 3.73. The van der Waals surface area contributed by atoms with E-state index in [0.29, 0.717) is 5.69 Å². The van der Waals surface area contributed by atoms with Gasteiger partial charge in [-0.15, -0.1) is 0 Å². The number of nitrogens with zero attached hydrogens (tertiary/aromatic N) is 1. The van der Waals surface area contributed by atoms with Crippen LogP contribution >= 0.6 is 0 Å². The summed E-state index contributed by atoms with van der Waals surface area (Å²) in [5, 5.41) is 17.5. The lowest BCUT2D eigenvalue weighted by Gasteiger charge is -2.04. The number of rotatable bonds is 3. The Kier molecular flexibility index (Phi) is 2.81. The fourth-order valence-corrected chi connectivity index (χ4v) is 0.893. The van der Waals surface area contributed by atoms with Crippen molar-refractivity contribution >= 4 is 5.97 Å². The minimum atomic E-state index is -1.08. The van der Waals surface area contributed by atoms with Gasteiger partial charge in [-0.1, -0.05) is 6.07 Å². The molecule has 70 valence electrons. The van der Waals surface area contributed by atoms with Crippen LogP contribution in [-0.2, 0) is 11.2 Å². The molecule has 0 saturated heterocycles. The summed E-state index contributed by atoms with van der Waals surface area (Å²) in [6.45, 7) is 0. The summed E-state index contributed by atoms with van der Waals surface area (Å²) in [6.07, 6.45) is 0.115. The van der Waals surface area contributed by atoms with E-state index >= 15 is 0 Å². The Hall–Kier alpha value is -1.62. The number of aliphatic carboxylic acids is 1. The SMILES string of the molecule is N[C@@H](Cc1cccc(O)n1)C(=O)O. The topological polar surface area (TPSA) is 96.4 Å². The van der Waals surface area contributed by atoms with Crippen molar-refractivity contribution in [2.75, 3.05) is 0 Å². The molecule has 1 atom stereocenters. The predicted octanol–water partition coefficient (Wildman–Crippen LogP) is -0.258. The van der Waals surface area contributed by atoms with Crippen molar-refractivity contribution in [3.63, 3.8) is 0 Å². The van der Waals surface area contributed by atoms with Gasteiger partial charge in [-0.2, -0.15) is 0 Å². The van der Waals surface area contributed by atoms with Gasteiger partial charge in [-0.3, -0.25) is 4.79 Å². The molecular weight excluding hydrogens is 172 g/mol. The molecule has 0 fully saturated rings. The summed E-state index contributed by atoms with van der Waals surface area (Å²) in [4.78, 5) is 14.1. The van der Waals surface area contributed by atoms with Crippen molar-refractivity contribution in [3.05, 3.63) is 23.9 Å². The van der Waals surface area contributed by atoms with E-state index in [1.165, 1.54) is 6.07 Å². The molecule has 0 unspecified atom stereocenters. The molecule has 0 aliphatic carbocycles. The number of carbonyl (C=O) groups is 1.